The fourth-order valence-corrected chi connectivity index (χ4v) is 5.67. The van der Waals surface area contributed by atoms with Crippen molar-refractivity contribution in [2.75, 3.05) is 5.32 Å². The number of piperazine rings is 1. The minimum atomic E-state index is -0.552. The van der Waals surface area contributed by atoms with Crippen LogP contribution in [-0.2, 0) is 21.4 Å². The lowest BCUT2D eigenvalue weighted by molar-refractivity contribution is -0.148. The van der Waals surface area contributed by atoms with E-state index in [2.05, 4.69) is 43.2 Å². The number of hydrogen-bond acceptors (Lipinski definition) is 3. The van der Waals surface area contributed by atoms with Crippen molar-refractivity contribution in [1.29, 1.82) is 0 Å². The van der Waals surface area contributed by atoms with E-state index in [-0.39, 0.29) is 23.4 Å². The Morgan fingerprint density at radius 1 is 1.10 bits per heavy atom. The van der Waals surface area contributed by atoms with Gasteiger partial charge in [0.1, 0.15) is 18.2 Å². The minimum Gasteiger partial charge on any atom is -0.364 e. The molecule has 0 unspecified atom stereocenters. The number of nitrogens with one attached hydrogen (secondary N) is 2. The standard InChI is InChI=1S/C25H27N3O2/c1-4-24(2,3)25-15-20-21(29)26-19(14-16-10-6-5-7-11-16)22(30)28(20)23(25)27-18-13-9-8-12-17(18)25/h4-13,19-20,23,27H,1,14-15H2,2-3H3,(H,26,29)/t19-,20-,23+,25-/m0/s1. The van der Waals surface area contributed by atoms with Gasteiger partial charge in [-0.15, -0.1) is 6.58 Å². The molecule has 3 aliphatic heterocycles. The zero-order valence-electron chi connectivity index (χ0n) is 17.4. The van der Waals surface area contributed by atoms with Gasteiger partial charge in [-0.1, -0.05) is 68.5 Å². The predicted molar refractivity (Wildman–Crippen MR) is 117 cm³/mol. The Morgan fingerprint density at radius 3 is 2.53 bits per heavy atom. The summed E-state index contributed by atoms with van der Waals surface area (Å²) in [6.07, 6.45) is 2.76. The van der Waals surface area contributed by atoms with Crippen LogP contribution in [0.4, 0.5) is 5.69 Å². The number of anilines is 1. The van der Waals surface area contributed by atoms with Crippen LogP contribution in [0.2, 0.25) is 0 Å². The molecule has 2 aromatic rings. The minimum absolute atomic E-state index is 0.0181. The van der Waals surface area contributed by atoms with Crippen LogP contribution < -0.4 is 10.6 Å². The molecule has 30 heavy (non-hydrogen) atoms. The quantitative estimate of drug-likeness (QED) is 0.774. The summed E-state index contributed by atoms with van der Waals surface area (Å²) < 4.78 is 0. The summed E-state index contributed by atoms with van der Waals surface area (Å²) in [5.74, 6) is -0.0843. The van der Waals surface area contributed by atoms with E-state index in [1.54, 1.807) is 0 Å². The average molecular weight is 402 g/mol. The number of hydrogen-bond donors (Lipinski definition) is 2. The molecule has 5 heteroatoms. The molecule has 2 aromatic carbocycles. The van der Waals surface area contributed by atoms with E-state index in [4.69, 9.17) is 0 Å². The largest absolute Gasteiger partial charge is 0.364 e. The lowest BCUT2D eigenvalue weighted by atomic mass is 9.60. The van der Waals surface area contributed by atoms with Gasteiger partial charge >= 0.3 is 0 Å². The van der Waals surface area contributed by atoms with Crippen molar-refractivity contribution in [3.8, 4) is 0 Å². The van der Waals surface area contributed by atoms with Crippen molar-refractivity contribution in [2.24, 2.45) is 5.41 Å². The average Bonchev–Trinajstić information content (AvgIpc) is 3.26. The number of nitrogens with zero attached hydrogens (tertiary/aromatic N) is 1. The number of para-hydroxylation sites is 1. The van der Waals surface area contributed by atoms with Gasteiger partial charge in [-0.05, 0) is 29.0 Å². The molecular formula is C25H27N3O2. The smallest absolute Gasteiger partial charge is 0.247 e. The Kier molecular flexibility index (Phi) is 4.07. The van der Waals surface area contributed by atoms with Gasteiger partial charge in [-0.2, -0.15) is 0 Å². The van der Waals surface area contributed by atoms with Crippen molar-refractivity contribution >= 4 is 17.5 Å². The summed E-state index contributed by atoms with van der Waals surface area (Å²) in [5, 5.41) is 6.59. The van der Waals surface area contributed by atoms with Gasteiger partial charge in [0.25, 0.3) is 0 Å². The van der Waals surface area contributed by atoms with Crippen molar-refractivity contribution in [2.45, 2.75) is 50.4 Å². The molecule has 2 N–H and O–H groups in total. The summed E-state index contributed by atoms with van der Waals surface area (Å²) in [6.45, 7) is 8.40. The second-order valence-corrected chi connectivity index (χ2v) is 9.21. The Morgan fingerprint density at radius 2 is 1.80 bits per heavy atom. The maximum Gasteiger partial charge on any atom is 0.247 e. The van der Waals surface area contributed by atoms with E-state index in [0.717, 1.165) is 16.8 Å². The van der Waals surface area contributed by atoms with Gasteiger partial charge in [-0.25, -0.2) is 0 Å². The predicted octanol–water partition coefficient (Wildman–Crippen LogP) is 3.23. The molecule has 0 radical (unpaired) electrons. The van der Waals surface area contributed by atoms with Gasteiger partial charge in [0.05, 0.1) is 0 Å². The van der Waals surface area contributed by atoms with Crippen LogP contribution >= 0.6 is 0 Å². The van der Waals surface area contributed by atoms with Crippen LogP contribution in [-0.4, -0.2) is 35.0 Å². The highest BCUT2D eigenvalue weighted by molar-refractivity contribution is 5.99. The summed E-state index contributed by atoms with van der Waals surface area (Å²) >= 11 is 0. The Balaban J connectivity index is 1.57. The van der Waals surface area contributed by atoms with Crippen LogP contribution in [0.1, 0.15) is 31.4 Å². The maximum atomic E-state index is 13.7. The lowest BCUT2D eigenvalue weighted by Crippen LogP contribution is -2.64. The number of carbonyl (C=O) groups is 2. The normalized spacial score (nSPS) is 29.5. The van der Waals surface area contributed by atoms with Crippen LogP contribution in [0.5, 0.6) is 0 Å². The highest BCUT2D eigenvalue weighted by Crippen LogP contribution is 2.60. The Labute approximate surface area is 177 Å². The molecule has 5 rings (SSSR count). The molecule has 0 bridgehead atoms. The van der Waals surface area contributed by atoms with Crippen LogP contribution in [0.3, 0.4) is 0 Å². The number of amides is 2. The van der Waals surface area contributed by atoms with Crippen molar-refractivity contribution in [3.63, 3.8) is 0 Å². The molecule has 0 spiro atoms. The molecule has 2 fully saturated rings. The maximum absolute atomic E-state index is 13.7. The summed E-state index contributed by atoms with van der Waals surface area (Å²) in [7, 11) is 0. The number of fused-ring (bicyclic) bond motifs is 5. The van der Waals surface area contributed by atoms with Crippen LogP contribution in [0, 0.1) is 5.41 Å². The van der Waals surface area contributed by atoms with E-state index in [9.17, 15) is 9.59 Å². The topological polar surface area (TPSA) is 61.4 Å². The first-order chi connectivity index (χ1) is 14.4. The SMILES string of the molecule is C=CC(C)(C)[C@]12C[C@H]3C(=O)N[C@@H](Cc4ccccc4)C(=O)N3[C@H]1Nc1ccccc12. The van der Waals surface area contributed by atoms with Crippen molar-refractivity contribution in [1.82, 2.24) is 10.2 Å². The number of rotatable bonds is 4. The summed E-state index contributed by atoms with van der Waals surface area (Å²) in [4.78, 5) is 28.6. The molecule has 154 valence electrons. The lowest BCUT2D eigenvalue weighted by Gasteiger charge is -2.44. The molecule has 3 heterocycles. The third-order valence-electron chi connectivity index (χ3n) is 7.41. The van der Waals surface area contributed by atoms with Crippen molar-refractivity contribution in [3.05, 3.63) is 78.4 Å². The second-order valence-electron chi connectivity index (χ2n) is 9.21. The second kappa shape index (κ2) is 6.46. The zero-order chi connectivity index (χ0) is 21.1. The first kappa shape index (κ1) is 18.9. The molecule has 0 aliphatic carbocycles. The van der Waals surface area contributed by atoms with Gasteiger partial charge < -0.3 is 15.5 Å². The third-order valence-corrected chi connectivity index (χ3v) is 7.41. The molecule has 3 aliphatic rings. The molecule has 2 saturated heterocycles. The van der Waals surface area contributed by atoms with E-state index in [1.807, 2.05) is 53.4 Å². The third kappa shape index (κ3) is 2.41. The van der Waals surface area contributed by atoms with Gasteiger partial charge in [0.15, 0.2) is 0 Å². The van der Waals surface area contributed by atoms with Gasteiger partial charge in [0, 0.05) is 17.5 Å². The molecule has 5 nitrogen and oxygen atoms in total. The van der Waals surface area contributed by atoms with E-state index in [1.165, 1.54) is 0 Å². The van der Waals surface area contributed by atoms with Gasteiger partial charge in [0.2, 0.25) is 11.8 Å². The number of carbonyl (C=O) groups excluding carboxylic acids is 2. The molecule has 4 atom stereocenters. The highest BCUT2D eigenvalue weighted by atomic mass is 16.2. The van der Waals surface area contributed by atoms with E-state index in [0.29, 0.717) is 12.8 Å². The fourth-order valence-electron chi connectivity index (χ4n) is 5.67. The molecule has 0 aromatic heterocycles. The van der Waals surface area contributed by atoms with Crippen LogP contribution in [0.15, 0.2) is 67.3 Å². The first-order valence-corrected chi connectivity index (χ1v) is 10.6. The molecular weight excluding hydrogens is 374 g/mol. The van der Waals surface area contributed by atoms with Crippen LogP contribution in [0.25, 0.3) is 0 Å². The molecule has 0 saturated carbocycles. The highest BCUT2D eigenvalue weighted by Gasteiger charge is 2.67. The van der Waals surface area contributed by atoms with Crippen molar-refractivity contribution < 1.29 is 9.59 Å². The summed E-state index contributed by atoms with van der Waals surface area (Å²) in [5.41, 5.74) is 2.51. The van der Waals surface area contributed by atoms with Gasteiger partial charge in [-0.3, -0.25) is 9.59 Å². The van der Waals surface area contributed by atoms with E-state index >= 15 is 0 Å². The monoisotopic (exact) mass is 401 g/mol. The number of allylic oxidation sites excluding steroid dienone is 1. The first-order valence-electron chi connectivity index (χ1n) is 10.6. The molecule has 2 amide bonds. The Hall–Kier alpha value is -3.08. The number of benzene rings is 2. The Bertz CT molecular complexity index is 1030. The zero-order valence-corrected chi connectivity index (χ0v) is 17.4. The van der Waals surface area contributed by atoms with E-state index < -0.39 is 17.5 Å². The fraction of sp³-hybridized carbons (Fsp3) is 0.360. The summed E-state index contributed by atoms with van der Waals surface area (Å²) in [6, 6.07) is 17.0.